The van der Waals surface area contributed by atoms with Crippen molar-refractivity contribution in [2.45, 2.75) is 49.6 Å². The van der Waals surface area contributed by atoms with Gasteiger partial charge in [-0.2, -0.15) is 0 Å². The number of rotatable bonds is 10. The summed E-state index contributed by atoms with van der Waals surface area (Å²) in [4.78, 5) is 28.6. The first kappa shape index (κ1) is 25.5. The zero-order valence-corrected chi connectivity index (χ0v) is 20.7. The van der Waals surface area contributed by atoms with Crippen molar-refractivity contribution in [1.29, 1.82) is 0 Å². The van der Waals surface area contributed by atoms with E-state index in [1.165, 1.54) is 31.0 Å². The van der Waals surface area contributed by atoms with E-state index in [-0.39, 0.29) is 16.0 Å². The van der Waals surface area contributed by atoms with Crippen LogP contribution >= 0.6 is 11.8 Å². The molecule has 0 bridgehead atoms. The zero-order valence-electron chi connectivity index (χ0n) is 19.9. The van der Waals surface area contributed by atoms with E-state index in [9.17, 15) is 4.79 Å². The summed E-state index contributed by atoms with van der Waals surface area (Å²) in [6.07, 6.45) is 5.89. The van der Waals surface area contributed by atoms with Crippen molar-refractivity contribution in [3.63, 3.8) is 0 Å². The van der Waals surface area contributed by atoms with Gasteiger partial charge in [-0.3, -0.25) is 4.79 Å². The molecule has 9 nitrogen and oxygen atoms in total. The summed E-state index contributed by atoms with van der Waals surface area (Å²) in [5.41, 5.74) is 13.0. The Hall–Kier alpha value is -3.11. The Kier molecular flexibility index (Phi) is 9.72. The molecule has 2 aromatic rings. The maximum absolute atomic E-state index is 11.6. The fourth-order valence-corrected chi connectivity index (χ4v) is 4.26. The van der Waals surface area contributed by atoms with E-state index < -0.39 is 0 Å². The van der Waals surface area contributed by atoms with Gasteiger partial charge in [0.25, 0.3) is 0 Å². The normalized spacial score (nSPS) is 15.2. The zero-order chi connectivity index (χ0) is 24.3. The first-order valence-corrected chi connectivity index (χ1v) is 12.4. The summed E-state index contributed by atoms with van der Waals surface area (Å²) in [7, 11) is 0. The van der Waals surface area contributed by atoms with Crippen molar-refractivity contribution in [1.82, 2.24) is 14.9 Å². The van der Waals surface area contributed by atoms with E-state index in [4.69, 9.17) is 11.5 Å². The van der Waals surface area contributed by atoms with Gasteiger partial charge in [-0.15, -0.1) is 0 Å². The molecule has 1 aromatic carbocycles. The van der Waals surface area contributed by atoms with Crippen LogP contribution in [0.15, 0.2) is 57.1 Å². The van der Waals surface area contributed by atoms with Gasteiger partial charge in [-0.05, 0) is 75.0 Å². The van der Waals surface area contributed by atoms with E-state index in [0.29, 0.717) is 28.9 Å². The highest BCUT2D eigenvalue weighted by atomic mass is 32.2. The average Bonchev–Trinajstić information content (AvgIpc) is 2.80. The van der Waals surface area contributed by atoms with Gasteiger partial charge in [0.15, 0.2) is 11.0 Å². The molecule has 0 saturated carbocycles. The quantitative estimate of drug-likeness (QED) is 0.219. The molecule has 188 valence electrons. The number of hydrogen-bond donors (Lipinski definition) is 4. The summed E-state index contributed by atoms with van der Waals surface area (Å²) in [6, 6.07) is 9.36. The SMILES string of the molecule is CCC(=O)Nc1ccc(Sc2nc(N=C(N)C=C(C)N)cc(NCCN3CCCCC3)n2)cc1.[HH].[HH].[HH]. The molecule has 10 heteroatoms. The Morgan fingerprint density at radius 3 is 2.62 bits per heavy atom. The lowest BCUT2D eigenvalue weighted by atomic mass is 10.1. The number of nitrogens with one attached hydrogen (secondary N) is 2. The highest BCUT2D eigenvalue weighted by molar-refractivity contribution is 7.99. The van der Waals surface area contributed by atoms with Crippen LogP contribution in [0.25, 0.3) is 0 Å². The minimum Gasteiger partial charge on any atom is -0.402 e. The smallest absolute Gasteiger partial charge is 0.224 e. The second-order valence-corrected chi connectivity index (χ2v) is 9.22. The molecule has 1 aliphatic rings. The topological polar surface area (TPSA) is 135 Å². The summed E-state index contributed by atoms with van der Waals surface area (Å²) in [5, 5.41) is 6.80. The predicted molar refractivity (Wildman–Crippen MR) is 146 cm³/mol. The number of aliphatic imine (C=N–C) groups is 1. The molecule has 0 radical (unpaired) electrons. The van der Waals surface area contributed by atoms with Crippen LogP contribution in [0, 0.1) is 0 Å². The van der Waals surface area contributed by atoms with Crippen molar-refractivity contribution in [2.24, 2.45) is 16.5 Å². The van der Waals surface area contributed by atoms with Crippen molar-refractivity contribution >= 4 is 40.8 Å². The number of likely N-dealkylation sites (tertiary alicyclic amines) is 1. The lowest BCUT2D eigenvalue weighted by Crippen LogP contribution is -2.33. The molecule has 3 rings (SSSR count). The van der Waals surface area contributed by atoms with Gasteiger partial charge >= 0.3 is 0 Å². The number of benzene rings is 1. The Bertz CT molecular complexity index is 1030. The molecule has 0 unspecified atom stereocenters. The molecule has 1 fully saturated rings. The monoisotopic (exact) mass is 488 g/mol. The number of aromatic nitrogens is 2. The number of amides is 1. The molecule has 1 aliphatic heterocycles. The molecular weight excluding hydrogens is 448 g/mol. The summed E-state index contributed by atoms with van der Waals surface area (Å²) in [5.74, 6) is 1.42. The highest BCUT2D eigenvalue weighted by Crippen LogP contribution is 2.29. The second kappa shape index (κ2) is 13.0. The van der Waals surface area contributed by atoms with E-state index >= 15 is 0 Å². The summed E-state index contributed by atoms with van der Waals surface area (Å²) in [6.45, 7) is 7.63. The number of anilines is 2. The lowest BCUT2D eigenvalue weighted by Gasteiger charge is -2.26. The Balaban J connectivity index is 0.00000432. The van der Waals surface area contributed by atoms with E-state index in [1.54, 1.807) is 19.1 Å². The molecule has 34 heavy (non-hydrogen) atoms. The molecule has 1 saturated heterocycles. The molecule has 0 aliphatic carbocycles. The number of nitrogens with zero attached hydrogens (tertiary/aromatic N) is 4. The van der Waals surface area contributed by atoms with Gasteiger partial charge in [0.1, 0.15) is 11.7 Å². The van der Waals surface area contributed by atoms with Crippen LogP contribution in [0.4, 0.5) is 17.3 Å². The van der Waals surface area contributed by atoms with Crippen LogP contribution in [0.1, 0.15) is 43.8 Å². The van der Waals surface area contributed by atoms with E-state index in [0.717, 1.165) is 36.8 Å². The number of piperidine rings is 1. The molecule has 1 aromatic heterocycles. The molecule has 0 atom stereocenters. The fraction of sp³-hybridized carbons (Fsp3) is 0.417. The number of amidine groups is 1. The maximum Gasteiger partial charge on any atom is 0.224 e. The third kappa shape index (κ3) is 8.68. The van der Waals surface area contributed by atoms with Gasteiger partial charge in [0.05, 0.1) is 0 Å². The number of carbonyl (C=O) groups excluding carboxylic acids is 1. The average molecular weight is 489 g/mol. The largest absolute Gasteiger partial charge is 0.402 e. The highest BCUT2D eigenvalue weighted by Gasteiger charge is 2.11. The van der Waals surface area contributed by atoms with Crippen LogP contribution in [0.2, 0.25) is 0 Å². The number of nitrogens with two attached hydrogens (primary N) is 2. The van der Waals surface area contributed by atoms with Crippen molar-refractivity contribution in [3.05, 3.63) is 42.1 Å². The van der Waals surface area contributed by atoms with Crippen LogP contribution in [-0.2, 0) is 4.79 Å². The fourth-order valence-electron chi connectivity index (χ4n) is 3.49. The van der Waals surface area contributed by atoms with Crippen LogP contribution in [-0.4, -0.2) is 52.8 Å². The first-order valence-electron chi connectivity index (χ1n) is 11.6. The molecule has 0 spiro atoms. The van der Waals surface area contributed by atoms with Crippen molar-refractivity contribution in [2.75, 3.05) is 36.8 Å². The lowest BCUT2D eigenvalue weighted by molar-refractivity contribution is -0.115. The molecule has 6 N–H and O–H groups in total. The van der Waals surface area contributed by atoms with Gasteiger partial charge in [-0.25, -0.2) is 15.0 Å². The Morgan fingerprint density at radius 1 is 1.21 bits per heavy atom. The van der Waals surface area contributed by atoms with E-state index in [2.05, 4.69) is 30.5 Å². The summed E-state index contributed by atoms with van der Waals surface area (Å²) >= 11 is 1.42. The number of hydrogen-bond acceptors (Lipinski definition) is 8. The van der Waals surface area contributed by atoms with Crippen molar-refractivity contribution in [3.8, 4) is 0 Å². The summed E-state index contributed by atoms with van der Waals surface area (Å²) < 4.78 is 0. The van der Waals surface area contributed by atoms with Gasteiger partial charge in [-0.1, -0.05) is 13.3 Å². The standard InChI is InChI=1S/C24H34N8OS.3H2/c1-3-23(33)28-18-7-9-19(10-8-18)34-24-30-21(27-11-14-32-12-5-4-6-13-32)16-22(31-24)29-20(26)15-17(2)25;;;/h7-10,15-16H,3-6,11-14,25H2,1-2H3,(H,28,33)(H3,26,27,29,30,31);3*1H. The van der Waals surface area contributed by atoms with Crippen LogP contribution in [0.5, 0.6) is 0 Å². The minimum absolute atomic E-state index is 0. The van der Waals surface area contributed by atoms with Gasteiger partial charge in [0.2, 0.25) is 5.91 Å². The third-order valence-corrected chi connectivity index (χ3v) is 6.04. The third-order valence-electron chi connectivity index (χ3n) is 5.16. The van der Waals surface area contributed by atoms with Crippen LogP contribution < -0.4 is 22.1 Å². The predicted octanol–water partition coefficient (Wildman–Crippen LogP) is 4.46. The van der Waals surface area contributed by atoms with Gasteiger partial charge in [0, 0.05) is 46.1 Å². The molecular formula is C24H40N8OS. The number of carbonyl (C=O) groups is 1. The maximum atomic E-state index is 11.6. The minimum atomic E-state index is -0.0195. The molecule has 2 heterocycles. The Morgan fingerprint density at radius 2 is 1.94 bits per heavy atom. The first-order chi connectivity index (χ1) is 16.4. The second-order valence-electron chi connectivity index (χ2n) is 8.18. The van der Waals surface area contributed by atoms with Crippen LogP contribution in [0.3, 0.4) is 0 Å². The number of allylic oxidation sites excluding steroid dienone is 1. The van der Waals surface area contributed by atoms with Gasteiger partial charge < -0.3 is 27.0 Å². The Labute approximate surface area is 210 Å². The van der Waals surface area contributed by atoms with E-state index in [1.807, 2.05) is 31.2 Å². The molecule has 1 amide bonds. The van der Waals surface area contributed by atoms with Crippen molar-refractivity contribution < 1.29 is 9.07 Å².